The summed E-state index contributed by atoms with van der Waals surface area (Å²) in [5.41, 5.74) is 10.6. The van der Waals surface area contributed by atoms with Gasteiger partial charge in [0, 0.05) is 0 Å². The minimum Gasteiger partial charge on any atom is -0.367 e. The summed E-state index contributed by atoms with van der Waals surface area (Å²) < 4.78 is 1.76. The summed E-state index contributed by atoms with van der Waals surface area (Å²) in [7, 11) is 0. The lowest BCUT2D eigenvalue weighted by Crippen LogP contribution is -2.05. The van der Waals surface area contributed by atoms with Crippen molar-refractivity contribution in [3.05, 3.63) is 40.7 Å². The molecule has 0 saturated carbocycles. The van der Waals surface area contributed by atoms with Crippen LogP contribution in [-0.4, -0.2) is 14.8 Å². The van der Waals surface area contributed by atoms with Crippen molar-refractivity contribution >= 4 is 5.95 Å². The average Bonchev–Trinajstić information content (AvgIpc) is 2.58. The third-order valence-corrected chi connectivity index (χ3v) is 2.71. The molecule has 4 nitrogen and oxygen atoms in total. The summed E-state index contributed by atoms with van der Waals surface area (Å²) in [5.74, 6) is 0.322. The Labute approximate surface area is 95.1 Å². The van der Waals surface area contributed by atoms with E-state index in [4.69, 9.17) is 5.73 Å². The van der Waals surface area contributed by atoms with Gasteiger partial charge in [0.2, 0.25) is 5.95 Å². The van der Waals surface area contributed by atoms with Gasteiger partial charge >= 0.3 is 0 Å². The van der Waals surface area contributed by atoms with E-state index in [1.54, 1.807) is 11.0 Å². The molecule has 2 aromatic rings. The van der Waals surface area contributed by atoms with Gasteiger partial charge in [-0.05, 0) is 37.5 Å². The van der Waals surface area contributed by atoms with Crippen LogP contribution in [0.5, 0.6) is 0 Å². The van der Waals surface area contributed by atoms with Gasteiger partial charge < -0.3 is 5.73 Å². The molecular weight excluding hydrogens is 200 g/mol. The third-order valence-electron chi connectivity index (χ3n) is 2.71. The molecule has 0 aliphatic carbocycles. The number of nitrogens with two attached hydrogens (primary N) is 1. The van der Waals surface area contributed by atoms with Gasteiger partial charge in [0.05, 0.1) is 6.54 Å². The molecule has 0 fully saturated rings. The van der Waals surface area contributed by atoms with Crippen molar-refractivity contribution in [3.8, 4) is 0 Å². The molecule has 0 radical (unpaired) electrons. The van der Waals surface area contributed by atoms with E-state index < -0.39 is 0 Å². The molecular formula is C12H16N4. The van der Waals surface area contributed by atoms with Crippen molar-refractivity contribution in [1.29, 1.82) is 0 Å². The number of benzene rings is 1. The molecule has 0 amide bonds. The van der Waals surface area contributed by atoms with Gasteiger partial charge in [-0.15, -0.1) is 5.10 Å². The SMILES string of the molecule is Cc1cc(C)c(Cn2cnc(N)n2)c(C)c1. The van der Waals surface area contributed by atoms with E-state index in [9.17, 15) is 0 Å². The predicted octanol–water partition coefficient (Wildman–Crippen LogP) is 1.83. The zero-order chi connectivity index (χ0) is 11.7. The molecule has 84 valence electrons. The number of rotatable bonds is 2. The van der Waals surface area contributed by atoms with Gasteiger partial charge in [0.15, 0.2) is 0 Å². The van der Waals surface area contributed by atoms with Crippen molar-refractivity contribution < 1.29 is 0 Å². The number of hydrogen-bond donors (Lipinski definition) is 1. The number of hydrogen-bond acceptors (Lipinski definition) is 3. The fourth-order valence-corrected chi connectivity index (χ4v) is 2.01. The monoisotopic (exact) mass is 216 g/mol. The maximum absolute atomic E-state index is 5.49. The Morgan fingerprint density at radius 1 is 1.19 bits per heavy atom. The molecule has 1 aromatic heterocycles. The first-order valence-corrected chi connectivity index (χ1v) is 5.28. The molecule has 0 spiro atoms. The molecule has 0 aliphatic rings. The van der Waals surface area contributed by atoms with Gasteiger partial charge in [0.1, 0.15) is 6.33 Å². The maximum Gasteiger partial charge on any atom is 0.239 e. The van der Waals surface area contributed by atoms with E-state index in [2.05, 4.69) is 43.0 Å². The van der Waals surface area contributed by atoms with Crippen LogP contribution in [0.2, 0.25) is 0 Å². The maximum atomic E-state index is 5.49. The van der Waals surface area contributed by atoms with Crippen LogP contribution in [-0.2, 0) is 6.54 Å². The fraction of sp³-hybridized carbons (Fsp3) is 0.333. The highest BCUT2D eigenvalue weighted by Gasteiger charge is 2.05. The van der Waals surface area contributed by atoms with Crippen LogP contribution in [0.4, 0.5) is 5.95 Å². The summed E-state index contributed by atoms with van der Waals surface area (Å²) in [6, 6.07) is 4.37. The molecule has 2 N–H and O–H groups in total. The summed E-state index contributed by atoms with van der Waals surface area (Å²) in [4.78, 5) is 3.92. The number of aryl methyl sites for hydroxylation is 3. The first-order chi connectivity index (χ1) is 7.56. The van der Waals surface area contributed by atoms with E-state index in [0.29, 0.717) is 5.95 Å². The Bertz CT molecular complexity index is 490. The Balaban J connectivity index is 2.34. The highest BCUT2D eigenvalue weighted by molar-refractivity contribution is 5.37. The number of aromatic nitrogens is 3. The molecule has 0 saturated heterocycles. The lowest BCUT2D eigenvalue weighted by Gasteiger charge is -2.10. The first kappa shape index (κ1) is 10.7. The van der Waals surface area contributed by atoms with Gasteiger partial charge in [-0.3, -0.25) is 0 Å². The van der Waals surface area contributed by atoms with E-state index in [-0.39, 0.29) is 0 Å². The van der Waals surface area contributed by atoms with Gasteiger partial charge in [-0.25, -0.2) is 9.67 Å². The van der Waals surface area contributed by atoms with Crippen LogP contribution >= 0.6 is 0 Å². The van der Waals surface area contributed by atoms with E-state index in [1.807, 2.05) is 0 Å². The quantitative estimate of drug-likeness (QED) is 0.833. The summed E-state index contributed by atoms with van der Waals surface area (Å²) in [5, 5.41) is 4.09. The van der Waals surface area contributed by atoms with E-state index in [0.717, 1.165) is 6.54 Å². The molecule has 1 aromatic carbocycles. The Hall–Kier alpha value is -1.84. The lowest BCUT2D eigenvalue weighted by atomic mass is 10.00. The zero-order valence-electron chi connectivity index (χ0n) is 9.86. The van der Waals surface area contributed by atoms with Crippen molar-refractivity contribution in [2.24, 2.45) is 0 Å². The van der Waals surface area contributed by atoms with Crippen LogP contribution in [0.1, 0.15) is 22.3 Å². The second-order valence-corrected chi connectivity index (χ2v) is 4.18. The van der Waals surface area contributed by atoms with Crippen LogP contribution in [0, 0.1) is 20.8 Å². The molecule has 0 aliphatic heterocycles. The molecule has 0 atom stereocenters. The zero-order valence-corrected chi connectivity index (χ0v) is 9.86. The Kier molecular flexibility index (Phi) is 2.64. The fourth-order valence-electron chi connectivity index (χ4n) is 2.01. The lowest BCUT2D eigenvalue weighted by molar-refractivity contribution is 0.681. The van der Waals surface area contributed by atoms with Crippen LogP contribution in [0.15, 0.2) is 18.5 Å². The average molecular weight is 216 g/mol. The van der Waals surface area contributed by atoms with Crippen molar-refractivity contribution in [1.82, 2.24) is 14.8 Å². The largest absolute Gasteiger partial charge is 0.367 e. The first-order valence-electron chi connectivity index (χ1n) is 5.28. The predicted molar refractivity (Wildman–Crippen MR) is 64.2 cm³/mol. The minimum absolute atomic E-state index is 0.322. The smallest absolute Gasteiger partial charge is 0.239 e. The van der Waals surface area contributed by atoms with Crippen LogP contribution in [0.25, 0.3) is 0 Å². The Morgan fingerprint density at radius 3 is 2.31 bits per heavy atom. The second kappa shape index (κ2) is 3.96. The number of nitrogen functional groups attached to an aromatic ring is 1. The molecule has 16 heavy (non-hydrogen) atoms. The van der Waals surface area contributed by atoms with Crippen molar-refractivity contribution in [3.63, 3.8) is 0 Å². The summed E-state index contributed by atoms with van der Waals surface area (Å²) >= 11 is 0. The molecule has 0 unspecified atom stereocenters. The summed E-state index contributed by atoms with van der Waals surface area (Å²) in [6.45, 7) is 7.07. The van der Waals surface area contributed by atoms with Crippen LogP contribution < -0.4 is 5.73 Å². The molecule has 2 rings (SSSR count). The highest BCUT2D eigenvalue weighted by Crippen LogP contribution is 2.17. The van der Waals surface area contributed by atoms with Gasteiger partial charge in [0.25, 0.3) is 0 Å². The van der Waals surface area contributed by atoms with E-state index >= 15 is 0 Å². The molecule has 4 heteroatoms. The van der Waals surface area contributed by atoms with Gasteiger partial charge in [-0.1, -0.05) is 17.7 Å². The van der Waals surface area contributed by atoms with E-state index in [1.165, 1.54) is 22.3 Å². The van der Waals surface area contributed by atoms with Crippen molar-refractivity contribution in [2.45, 2.75) is 27.3 Å². The Morgan fingerprint density at radius 2 is 1.81 bits per heavy atom. The third kappa shape index (κ3) is 2.05. The normalized spacial score (nSPS) is 10.7. The molecule has 1 heterocycles. The standard InChI is InChI=1S/C12H16N4/c1-8-4-9(2)11(10(3)5-8)6-16-7-14-12(13)15-16/h4-5,7H,6H2,1-3H3,(H2,13,15). The highest BCUT2D eigenvalue weighted by atomic mass is 15.4. The van der Waals surface area contributed by atoms with Crippen LogP contribution in [0.3, 0.4) is 0 Å². The second-order valence-electron chi connectivity index (χ2n) is 4.18. The molecule has 0 bridgehead atoms. The topological polar surface area (TPSA) is 56.7 Å². The summed E-state index contributed by atoms with van der Waals surface area (Å²) in [6.07, 6.45) is 1.66. The minimum atomic E-state index is 0.322. The van der Waals surface area contributed by atoms with Crippen molar-refractivity contribution in [2.75, 3.05) is 5.73 Å². The number of anilines is 1. The van der Waals surface area contributed by atoms with Gasteiger partial charge in [-0.2, -0.15) is 0 Å². The number of nitrogens with zero attached hydrogens (tertiary/aromatic N) is 3.